The van der Waals surface area contributed by atoms with Gasteiger partial charge in [-0.3, -0.25) is 10.1 Å². The van der Waals surface area contributed by atoms with E-state index >= 15 is 0 Å². The molecule has 0 amide bonds. The molecule has 1 aliphatic rings. The Morgan fingerprint density at radius 1 is 1.44 bits per heavy atom. The minimum Gasteiger partial charge on any atom is -0.302 e. The zero-order valence-corrected chi connectivity index (χ0v) is 9.80. The summed E-state index contributed by atoms with van der Waals surface area (Å²) in [7, 11) is 0. The Bertz CT molecular complexity index is 491. The van der Waals surface area contributed by atoms with Crippen LogP contribution in [0, 0.1) is 21.4 Å². The number of nitriles is 1. The van der Waals surface area contributed by atoms with Crippen LogP contribution in [0.4, 0.5) is 11.5 Å². The molecule has 7 nitrogen and oxygen atoms in total. The lowest BCUT2D eigenvalue weighted by Gasteiger charge is -2.27. The Kier molecular flexibility index (Phi) is 3.69. The predicted octanol–water partition coefficient (Wildman–Crippen LogP) is 1.67. The molecular weight excluding hydrogens is 234 g/mol. The maximum absolute atomic E-state index is 10.6. The number of nitrogens with zero attached hydrogens (tertiary/aromatic N) is 4. The number of nitro groups is 1. The first kappa shape index (κ1) is 12.3. The SMILES string of the molecule is N#Cc1cc([N+](=O)[O-])cnc1NN1CCCCC1. The van der Waals surface area contributed by atoms with Gasteiger partial charge >= 0.3 is 0 Å². The average Bonchev–Trinajstić information content (AvgIpc) is 2.40. The molecule has 7 heteroatoms. The fourth-order valence-electron chi connectivity index (χ4n) is 1.88. The van der Waals surface area contributed by atoms with E-state index in [0.717, 1.165) is 32.1 Å². The molecule has 1 fully saturated rings. The molecule has 1 N–H and O–H groups in total. The van der Waals surface area contributed by atoms with Crippen molar-refractivity contribution in [1.29, 1.82) is 5.26 Å². The molecule has 2 rings (SSSR count). The molecule has 0 aliphatic carbocycles. The number of rotatable bonds is 3. The summed E-state index contributed by atoms with van der Waals surface area (Å²) in [5.74, 6) is 0.380. The molecule has 1 aromatic heterocycles. The summed E-state index contributed by atoms with van der Waals surface area (Å²) < 4.78 is 0. The topological polar surface area (TPSA) is 95.1 Å². The minimum absolute atomic E-state index is 0.171. The van der Waals surface area contributed by atoms with Gasteiger partial charge in [-0.15, -0.1) is 0 Å². The fourth-order valence-corrected chi connectivity index (χ4v) is 1.88. The number of piperidine rings is 1. The maximum atomic E-state index is 10.6. The molecule has 0 spiro atoms. The molecule has 0 bridgehead atoms. The molecule has 0 unspecified atom stereocenters. The van der Waals surface area contributed by atoms with Crippen molar-refractivity contribution < 1.29 is 4.92 Å². The number of pyridine rings is 1. The minimum atomic E-state index is -0.557. The van der Waals surface area contributed by atoms with Crippen LogP contribution in [0.2, 0.25) is 0 Å². The van der Waals surface area contributed by atoms with Crippen LogP contribution >= 0.6 is 0 Å². The molecule has 1 aliphatic heterocycles. The highest BCUT2D eigenvalue weighted by molar-refractivity contribution is 5.55. The molecule has 0 radical (unpaired) electrons. The summed E-state index contributed by atoms with van der Waals surface area (Å²) in [6, 6.07) is 3.16. The van der Waals surface area contributed by atoms with Crippen LogP contribution in [0.5, 0.6) is 0 Å². The van der Waals surface area contributed by atoms with Gasteiger partial charge in [-0.05, 0) is 12.8 Å². The lowest BCUT2D eigenvalue weighted by atomic mass is 10.2. The number of hydrogen-bond acceptors (Lipinski definition) is 6. The van der Waals surface area contributed by atoms with E-state index in [1.54, 1.807) is 0 Å². The van der Waals surface area contributed by atoms with Crippen LogP contribution in [0.25, 0.3) is 0 Å². The van der Waals surface area contributed by atoms with E-state index in [0.29, 0.717) is 5.82 Å². The largest absolute Gasteiger partial charge is 0.302 e. The van der Waals surface area contributed by atoms with E-state index in [2.05, 4.69) is 10.4 Å². The smallest absolute Gasteiger partial charge is 0.289 e. The highest BCUT2D eigenvalue weighted by atomic mass is 16.6. The fraction of sp³-hybridized carbons (Fsp3) is 0.455. The third-order valence-electron chi connectivity index (χ3n) is 2.82. The lowest BCUT2D eigenvalue weighted by molar-refractivity contribution is -0.385. The monoisotopic (exact) mass is 247 g/mol. The third-order valence-corrected chi connectivity index (χ3v) is 2.82. The number of hydrazine groups is 1. The Labute approximate surface area is 104 Å². The van der Waals surface area contributed by atoms with Crippen LogP contribution in [0.3, 0.4) is 0 Å². The van der Waals surface area contributed by atoms with E-state index in [1.165, 1.54) is 12.5 Å². The number of nitrogens with one attached hydrogen (secondary N) is 1. The Morgan fingerprint density at radius 3 is 2.78 bits per heavy atom. The summed E-state index contributed by atoms with van der Waals surface area (Å²) in [4.78, 5) is 14.0. The van der Waals surface area contributed by atoms with E-state index < -0.39 is 4.92 Å². The van der Waals surface area contributed by atoms with Crippen LogP contribution < -0.4 is 5.43 Å². The average molecular weight is 247 g/mol. The van der Waals surface area contributed by atoms with Gasteiger partial charge < -0.3 is 5.43 Å². The van der Waals surface area contributed by atoms with Gasteiger partial charge in [0.2, 0.25) is 0 Å². The van der Waals surface area contributed by atoms with Gasteiger partial charge in [0.1, 0.15) is 17.8 Å². The lowest BCUT2D eigenvalue weighted by Crippen LogP contribution is -2.35. The first-order valence-corrected chi connectivity index (χ1v) is 5.77. The highest BCUT2D eigenvalue weighted by Crippen LogP contribution is 2.19. The van der Waals surface area contributed by atoms with Crippen LogP contribution in [0.1, 0.15) is 24.8 Å². The van der Waals surface area contributed by atoms with Crippen molar-refractivity contribution in [3.05, 3.63) is 27.9 Å². The Hall–Kier alpha value is -2.20. The molecule has 2 heterocycles. The summed E-state index contributed by atoms with van der Waals surface area (Å²) >= 11 is 0. The van der Waals surface area contributed by atoms with Crippen molar-refractivity contribution in [2.75, 3.05) is 18.5 Å². The van der Waals surface area contributed by atoms with Crippen molar-refractivity contribution >= 4 is 11.5 Å². The van der Waals surface area contributed by atoms with Gasteiger partial charge in [0, 0.05) is 19.2 Å². The van der Waals surface area contributed by atoms with Gasteiger partial charge in [0.15, 0.2) is 5.82 Å². The standard InChI is InChI=1S/C11H13N5O2/c12-7-9-6-10(16(17)18)8-13-11(9)14-15-4-2-1-3-5-15/h6,8H,1-5H2,(H,13,14). The quantitative estimate of drug-likeness (QED) is 0.644. The summed E-state index contributed by atoms with van der Waals surface area (Å²) in [6.07, 6.45) is 4.56. The first-order valence-electron chi connectivity index (χ1n) is 5.77. The second kappa shape index (κ2) is 5.42. The number of anilines is 1. The Morgan fingerprint density at radius 2 is 2.17 bits per heavy atom. The maximum Gasteiger partial charge on any atom is 0.289 e. The first-order chi connectivity index (χ1) is 8.70. The summed E-state index contributed by atoms with van der Waals surface area (Å²) in [5, 5.41) is 21.6. The molecule has 1 saturated heterocycles. The van der Waals surface area contributed by atoms with E-state index in [-0.39, 0.29) is 11.3 Å². The molecule has 94 valence electrons. The van der Waals surface area contributed by atoms with Crippen LogP contribution in [-0.2, 0) is 0 Å². The van der Waals surface area contributed by atoms with Gasteiger partial charge in [-0.2, -0.15) is 5.26 Å². The van der Waals surface area contributed by atoms with Crippen molar-refractivity contribution in [3.63, 3.8) is 0 Å². The highest BCUT2D eigenvalue weighted by Gasteiger charge is 2.15. The van der Waals surface area contributed by atoms with Crippen LogP contribution in [-0.4, -0.2) is 28.0 Å². The van der Waals surface area contributed by atoms with Gasteiger partial charge in [-0.25, -0.2) is 9.99 Å². The third kappa shape index (κ3) is 2.73. The molecule has 1 aromatic rings. The van der Waals surface area contributed by atoms with Gasteiger partial charge in [0.05, 0.1) is 4.92 Å². The molecular formula is C11H13N5O2. The summed E-state index contributed by atoms with van der Waals surface area (Å²) in [5.41, 5.74) is 3.06. The van der Waals surface area contributed by atoms with Gasteiger partial charge in [-0.1, -0.05) is 6.42 Å². The van der Waals surface area contributed by atoms with Crippen molar-refractivity contribution in [3.8, 4) is 6.07 Å². The van der Waals surface area contributed by atoms with E-state index in [4.69, 9.17) is 5.26 Å². The van der Waals surface area contributed by atoms with Crippen molar-refractivity contribution in [1.82, 2.24) is 9.99 Å². The normalized spacial score (nSPS) is 15.9. The zero-order chi connectivity index (χ0) is 13.0. The summed E-state index contributed by atoms with van der Waals surface area (Å²) in [6.45, 7) is 1.78. The second-order valence-electron chi connectivity index (χ2n) is 4.12. The second-order valence-corrected chi connectivity index (χ2v) is 4.12. The predicted molar refractivity (Wildman–Crippen MR) is 64.7 cm³/mol. The number of aromatic nitrogens is 1. The molecule has 0 saturated carbocycles. The van der Waals surface area contributed by atoms with E-state index in [1.807, 2.05) is 11.1 Å². The molecule has 18 heavy (non-hydrogen) atoms. The van der Waals surface area contributed by atoms with Crippen molar-refractivity contribution in [2.24, 2.45) is 0 Å². The number of hydrogen-bond donors (Lipinski definition) is 1. The molecule has 0 aromatic carbocycles. The van der Waals surface area contributed by atoms with Gasteiger partial charge in [0.25, 0.3) is 5.69 Å². The zero-order valence-electron chi connectivity index (χ0n) is 9.80. The van der Waals surface area contributed by atoms with Crippen LogP contribution in [0.15, 0.2) is 12.3 Å². The van der Waals surface area contributed by atoms with E-state index in [9.17, 15) is 10.1 Å². The van der Waals surface area contributed by atoms with Crippen molar-refractivity contribution in [2.45, 2.75) is 19.3 Å². The Balaban J connectivity index is 2.17. The molecule has 0 atom stereocenters.